The Kier molecular flexibility index (Phi) is 4.49. The maximum absolute atomic E-state index is 9.05. The van der Waals surface area contributed by atoms with Crippen molar-refractivity contribution in [3.63, 3.8) is 0 Å². The van der Waals surface area contributed by atoms with Crippen LogP contribution in [0, 0.1) is 18.3 Å². The van der Waals surface area contributed by atoms with Gasteiger partial charge in [0.2, 0.25) is 0 Å². The first-order valence-corrected chi connectivity index (χ1v) is 6.48. The van der Waals surface area contributed by atoms with Gasteiger partial charge in [0.15, 0.2) is 0 Å². The lowest BCUT2D eigenvalue weighted by Crippen LogP contribution is -1.98. The highest BCUT2D eigenvalue weighted by atomic mass is 35.5. The van der Waals surface area contributed by atoms with E-state index >= 15 is 0 Å². The number of nitrogens with zero attached hydrogens (tertiary/aromatic N) is 1. The van der Waals surface area contributed by atoms with Crippen molar-refractivity contribution in [2.75, 3.05) is 7.11 Å². The third-order valence-electron chi connectivity index (χ3n) is 2.92. The van der Waals surface area contributed by atoms with Gasteiger partial charge in [-0.1, -0.05) is 17.7 Å². The van der Waals surface area contributed by atoms with E-state index in [0.29, 0.717) is 22.9 Å². The molecule has 0 saturated heterocycles. The van der Waals surface area contributed by atoms with Crippen LogP contribution in [0.1, 0.15) is 16.7 Å². The van der Waals surface area contributed by atoms with Crippen LogP contribution in [0.15, 0.2) is 36.4 Å². The van der Waals surface area contributed by atoms with Gasteiger partial charge < -0.3 is 9.47 Å². The molecule has 0 fully saturated rings. The number of hydrogen-bond donors (Lipinski definition) is 0. The van der Waals surface area contributed by atoms with Crippen molar-refractivity contribution in [1.82, 2.24) is 0 Å². The van der Waals surface area contributed by atoms with E-state index < -0.39 is 0 Å². The summed E-state index contributed by atoms with van der Waals surface area (Å²) in [5.74, 6) is 1.35. The number of aryl methyl sites for hydroxylation is 1. The molecule has 2 aromatic rings. The predicted octanol–water partition coefficient (Wildman–Crippen LogP) is 4.11. The summed E-state index contributed by atoms with van der Waals surface area (Å²) in [7, 11) is 1.55. The molecule has 3 nitrogen and oxygen atoms in total. The van der Waals surface area contributed by atoms with E-state index in [-0.39, 0.29) is 0 Å². The summed E-state index contributed by atoms with van der Waals surface area (Å²) in [6.45, 7) is 2.33. The zero-order valence-corrected chi connectivity index (χ0v) is 12.1. The fourth-order valence-electron chi connectivity index (χ4n) is 1.87. The summed E-state index contributed by atoms with van der Waals surface area (Å²) in [4.78, 5) is 0. The maximum atomic E-state index is 9.05. The molecule has 0 unspecified atom stereocenters. The lowest BCUT2D eigenvalue weighted by atomic mass is 10.1. The lowest BCUT2D eigenvalue weighted by molar-refractivity contribution is 0.304. The highest BCUT2D eigenvalue weighted by molar-refractivity contribution is 6.30. The SMILES string of the molecule is COc1ccc(COc2ccc(Cl)cc2C)cc1C#N. The van der Waals surface area contributed by atoms with Crippen LogP contribution in [0.4, 0.5) is 0 Å². The van der Waals surface area contributed by atoms with Crippen molar-refractivity contribution in [2.45, 2.75) is 13.5 Å². The molecule has 20 heavy (non-hydrogen) atoms. The third-order valence-corrected chi connectivity index (χ3v) is 3.15. The molecule has 0 aromatic heterocycles. The summed E-state index contributed by atoms with van der Waals surface area (Å²) in [5, 5.41) is 9.73. The quantitative estimate of drug-likeness (QED) is 0.850. The van der Waals surface area contributed by atoms with Gasteiger partial charge in [-0.15, -0.1) is 0 Å². The minimum atomic E-state index is 0.390. The van der Waals surface area contributed by atoms with E-state index in [2.05, 4.69) is 6.07 Å². The fourth-order valence-corrected chi connectivity index (χ4v) is 2.09. The number of halogens is 1. The molecule has 0 heterocycles. The molecule has 0 aliphatic carbocycles. The first-order valence-electron chi connectivity index (χ1n) is 6.10. The van der Waals surface area contributed by atoms with Crippen molar-refractivity contribution in [2.24, 2.45) is 0 Å². The zero-order valence-electron chi connectivity index (χ0n) is 11.3. The highest BCUT2D eigenvalue weighted by Gasteiger charge is 2.05. The molecule has 2 aromatic carbocycles. The highest BCUT2D eigenvalue weighted by Crippen LogP contribution is 2.24. The van der Waals surface area contributed by atoms with Gasteiger partial charge in [-0.05, 0) is 48.4 Å². The minimum absolute atomic E-state index is 0.390. The number of benzene rings is 2. The van der Waals surface area contributed by atoms with Gasteiger partial charge >= 0.3 is 0 Å². The molecular formula is C16H14ClNO2. The summed E-state index contributed by atoms with van der Waals surface area (Å²) in [6.07, 6.45) is 0. The molecule has 0 amide bonds. The van der Waals surface area contributed by atoms with Gasteiger partial charge in [-0.25, -0.2) is 0 Å². The molecule has 0 N–H and O–H groups in total. The van der Waals surface area contributed by atoms with Crippen molar-refractivity contribution < 1.29 is 9.47 Å². The Labute approximate surface area is 123 Å². The van der Waals surface area contributed by atoms with Crippen molar-refractivity contribution in [3.8, 4) is 17.6 Å². The molecular weight excluding hydrogens is 274 g/mol. The Hall–Kier alpha value is -2.18. The Morgan fingerprint density at radius 2 is 1.90 bits per heavy atom. The standard InChI is InChI=1S/C16H14ClNO2/c1-11-7-14(17)4-6-15(11)20-10-12-3-5-16(19-2)13(8-12)9-18/h3-8H,10H2,1-2H3. The summed E-state index contributed by atoms with van der Waals surface area (Å²) in [5.41, 5.74) is 2.39. The molecule has 0 bridgehead atoms. The van der Waals surface area contributed by atoms with Crippen LogP contribution >= 0.6 is 11.6 Å². The van der Waals surface area contributed by atoms with Crippen LogP contribution < -0.4 is 9.47 Å². The monoisotopic (exact) mass is 287 g/mol. The molecule has 0 saturated carbocycles. The first kappa shape index (κ1) is 14.2. The van der Waals surface area contributed by atoms with E-state index in [0.717, 1.165) is 16.9 Å². The summed E-state index contributed by atoms with van der Waals surface area (Å²) < 4.78 is 10.9. The van der Waals surface area contributed by atoms with Crippen LogP contribution in [0.5, 0.6) is 11.5 Å². The molecule has 0 radical (unpaired) electrons. The van der Waals surface area contributed by atoms with Gasteiger partial charge in [0, 0.05) is 5.02 Å². The number of rotatable bonds is 4. The normalized spacial score (nSPS) is 9.90. The zero-order chi connectivity index (χ0) is 14.5. The Balaban J connectivity index is 2.13. The van der Waals surface area contributed by atoms with Gasteiger partial charge in [-0.3, -0.25) is 0 Å². The third kappa shape index (κ3) is 3.23. The molecule has 2 rings (SSSR count). The number of methoxy groups -OCH3 is 1. The first-order chi connectivity index (χ1) is 9.63. The van der Waals surface area contributed by atoms with Crippen LogP contribution in [0.25, 0.3) is 0 Å². The van der Waals surface area contributed by atoms with Gasteiger partial charge in [0.25, 0.3) is 0 Å². The van der Waals surface area contributed by atoms with Crippen molar-refractivity contribution in [3.05, 3.63) is 58.1 Å². The molecule has 4 heteroatoms. The van der Waals surface area contributed by atoms with E-state index in [4.69, 9.17) is 26.3 Å². The Bertz CT molecular complexity index is 662. The lowest BCUT2D eigenvalue weighted by Gasteiger charge is -2.10. The topological polar surface area (TPSA) is 42.2 Å². The van der Waals surface area contributed by atoms with Crippen molar-refractivity contribution >= 4 is 11.6 Å². The number of ether oxygens (including phenoxy) is 2. The molecule has 0 spiro atoms. The molecule has 0 atom stereocenters. The van der Waals surface area contributed by atoms with Crippen LogP contribution in [0.2, 0.25) is 5.02 Å². The molecule has 102 valence electrons. The van der Waals surface area contributed by atoms with Gasteiger partial charge in [-0.2, -0.15) is 5.26 Å². The second-order valence-electron chi connectivity index (χ2n) is 4.34. The average Bonchev–Trinajstić information content (AvgIpc) is 2.46. The summed E-state index contributed by atoms with van der Waals surface area (Å²) >= 11 is 5.90. The Morgan fingerprint density at radius 1 is 1.15 bits per heavy atom. The second-order valence-corrected chi connectivity index (χ2v) is 4.78. The van der Waals surface area contributed by atoms with Crippen LogP contribution in [0.3, 0.4) is 0 Å². The minimum Gasteiger partial charge on any atom is -0.495 e. The number of hydrogen-bond acceptors (Lipinski definition) is 3. The largest absolute Gasteiger partial charge is 0.495 e. The second kappa shape index (κ2) is 6.31. The fraction of sp³-hybridized carbons (Fsp3) is 0.188. The molecule has 0 aliphatic rings. The number of nitriles is 1. The smallest absolute Gasteiger partial charge is 0.136 e. The van der Waals surface area contributed by atoms with Gasteiger partial charge in [0.1, 0.15) is 24.2 Å². The van der Waals surface area contributed by atoms with Gasteiger partial charge in [0.05, 0.1) is 12.7 Å². The predicted molar refractivity (Wildman–Crippen MR) is 78.2 cm³/mol. The van der Waals surface area contributed by atoms with Crippen molar-refractivity contribution in [1.29, 1.82) is 5.26 Å². The van der Waals surface area contributed by atoms with Crippen LogP contribution in [-0.4, -0.2) is 7.11 Å². The molecule has 0 aliphatic heterocycles. The van der Waals surface area contributed by atoms with E-state index in [1.165, 1.54) is 0 Å². The van der Waals surface area contributed by atoms with E-state index in [1.807, 2.05) is 25.1 Å². The Morgan fingerprint density at radius 3 is 2.55 bits per heavy atom. The average molecular weight is 288 g/mol. The van der Waals surface area contributed by atoms with E-state index in [1.54, 1.807) is 25.3 Å². The summed E-state index contributed by atoms with van der Waals surface area (Å²) in [6, 6.07) is 13.0. The van der Waals surface area contributed by atoms with E-state index in [9.17, 15) is 0 Å². The maximum Gasteiger partial charge on any atom is 0.136 e. The van der Waals surface area contributed by atoms with Crippen LogP contribution in [-0.2, 0) is 6.61 Å².